The van der Waals surface area contributed by atoms with Crippen LogP contribution in [0.2, 0.25) is 0 Å². The minimum absolute atomic E-state index is 0.393. The fourth-order valence-electron chi connectivity index (χ4n) is 2.48. The standard InChI is InChI=1S/C16H22BrNO/c1-3-8-18(12-15-5-4-9-19-15)11-14-7-6-13(2)10-16(14)17/h3,6-7,10,15H,1,4-5,8-9,11-12H2,2H3. The Kier molecular flexibility index (Phi) is 5.61. The van der Waals surface area contributed by atoms with Crippen LogP contribution in [0.1, 0.15) is 24.0 Å². The average molecular weight is 324 g/mol. The van der Waals surface area contributed by atoms with Crippen LogP contribution < -0.4 is 0 Å². The second kappa shape index (κ2) is 7.22. The van der Waals surface area contributed by atoms with E-state index in [-0.39, 0.29) is 0 Å². The van der Waals surface area contributed by atoms with E-state index in [4.69, 9.17) is 4.74 Å². The van der Waals surface area contributed by atoms with Crippen LogP contribution in [0.5, 0.6) is 0 Å². The van der Waals surface area contributed by atoms with E-state index in [0.29, 0.717) is 6.10 Å². The number of halogens is 1. The van der Waals surface area contributed by atoms with Crippen LogP contribution in [0.4, 0.5) is 0 Å². The van der Waals surface area contributed by atoms with Crippen LogP contribution >= 0.6 is 15.9 Å². The zero-order valence-electron chi connectivity index (χ0n) is 11.6. The summed E-state index contributed by atoms with van der Waals surface area (Å²) in [5.41, 5.74) is 2.61. The minimum atomic E-state index is 0.393. The first kappa shape index (κ1) is 14.8. The summed E-state index contributed by atoms with van der Waals surface area (Å²) in [5, 5.41) is 0. The van der Waals surface area contributed by atoms with Crippen LogP contribution in [0, 0.1) is 6.92 Å². The van der Waals surface area contributed by atoms with Gasteiger partial charge in [-0.25, -0.2) is 0 Å². The predicted octanol–water partition coefficient (Wildman–Crippen LogP) is 3.92. The molecule has 1 unspecified atom stereocenters. The van der Waals surface area contributed by atoms with Gasteiger partial charge in [0, 0.05) is 30.7 Å². The van der Waals surface area contributed by atoms with Gasteiger partial charge in [-0.15, -0.1) is 6.58 Å². The van der Waals surface area contributed by atoms with Gasteiger partial charge in [0.15, 0.2) is 0 Å². The van der Waals surface area contributed by atoms with Crippen molar-refractivity contribution in [3.05, 3.63) is 46.5 Å². The number of nitrogens with zero attached hydrogens (tertiary/aromatic N) is 1. The van der Waals surface area contributed by atoms with Crippen molar-refractivity contribution in [2.24, 2.45) is 0 Å². The van der Waals surface area contributed by atoms with Crippen molar-refractivity contribution >= 4 is 15.9 Å². The lowest BCUT2D eigenvalue weighted by atomic mass is 10.1. The third kappa shape index (κ3) is 4.44. The second-order valence-electron chi connectivity index (χ2n) is 5.21. The molecule has 0 saturated carbocycles. The molecule has 104 valence electrons. The Morgan fingerprint density at radius 1 is 1.53 bits per heavy atom. The fourth-order valence-corrected chi connectivity index (χ4v) is 3.10. The third-order valence-corrected chi connectivity index (χ3v) is 4.21. The second-order valence-corrected chi connectivity index (χ2v) is 6.07. The molecule has 0 radical (unpaired) electrons. The van der Waals surface area contributed by atoms with E-state index in [9.17, 15) is 0 Å². The predicted molar refractivity (Wildman–Crippen MR) is 83.3 cm³/mol. The Hall–Kier alpha value is -0.640. The molecule has 1 aromatic rings. The normalized spacial score (nSPS) is 19.0. The number of hydrogen-bond donors (Lipinski definition) is 0. The molecule has 0 aliphatic carbocycles. The zero-order chi connectivity index (χ0) is 13.7. The van der Waals surface area contributed by atoms with Crippen molar-refractivity contribution < 1.29 is 4.74 Å². The van der Waals surface area contributed by atoms with E-state index >= 15 is 0 Å². The molecule has 1 fully saturated rings. The number of hydrogen-bond acceptors (Lipinski definition) is 2. The lowest BCUT2D eigenvalue weighted by Gasteiger charge is -2.24. The smallest absolute Gasteiger partial charge is 0.0703 e. The molecule has 1 atom stereocenters. The van der Waals surface area contributed by atoms with Gasteiger partial charge in [0.25, 0.3) is 0 Å². The third-order valence-electron chi connectivity index (χ3n) is 3.48. The van der Waals surface area contributed by atoms with Gasteiger partial charge in [0.2, 0.25) is 0 Å². The van der Waals surface area contributed by atoms with Crippen LogP contribution in [-0.2, 0) is 11.3 Å². The molecule has 0 amide bonds. The Balaban J connectivity index is 2.00. The highest BCUT2D eigenvalue weighted by molar-refractivity contribution is 9.10. The van der Waals surface area contributed by atoms with Crippen molar-refractivity contribution in [3.8, 4) is 0 Å². The van der Waals surface area contributed by atoms with Gasteiger partial charge in [0.1, 0.15) is 0 Å². The SMILES string of the molecule is C=CCN(Cc1ccc(C)cc1Br)CC1CCCO1. The van der Waals surface area contributed by atoms with Gasteiger partial charge in [-0.1, -0.05) is 34.1 Å². The maximum atomic E-state index is 5.73. The van der Waals surface area contributed by atoms with E-state index in [0.717, 1.165) is 26.2 Å². The minimum Gasteiger partial charge on any atom is -0.377 e. The van der Waals surface area contributed by atoms with Gasteiger partial charge < -0.3 is 4.74 Å². The largest absolute Gasteiger partial charge is 0.377 e. The first-order chi connectivity index (χ1) is 9.19. The van der Waals surface area contributed by atoms with Crippen LogP contribution in [-0.4, -0.2) is 30.7 Å². The molecule has 1 aromatic carbocycles. The summed E-state index contributed by atoms with van der Waals surface area (Å²) in [4.78, 5) is 2.40. The van der Waals surface area contributed by atoms with Crippen LogP contribution in [0.15, 0.2) is 35.3 Å². The van der Waals surface area contributed by atoms with Gasteiger partial charge >= 0.3 is 0 Å². The quantitative estimate of drug-likeness (QED) is 0.735. The van der Waals surface area contributed by atoms with Crippen molar-refractivity contribution in [1.82, 2.24) is 4.90 Å². The van der Waals surface area contributed by atoms with Crippen molar-refractivity contribution in [1.29, 1.82) is 0 Å². The van der Waals surface area contributed by atoms with Crippen molar-refractivity contribution in [3.63, 3.8) is 0 Å². The van der Waals surface area contributed by atoms with Gasteiger partial charge in [-0.2, -0.15) is 0 Å². The first-order valence-electron chi connectivity index (χ1n) is 6.89. The summed E-state index contributed by atoms with van der Waals surface area (Å²) in [6, 6.07) is 6.54. The Morgan fingerprint density at radius 2 is 2.37 bits per heavy atom. The number of benzene rings is 1. The van der Waals surface area contributed by atoms with Gasteiger partial charge in [0.05, 0.1) is 6.10 Å². The molecule has 1 aliphatic heterocycles. The average Bonchev–Trinajstić information content (AvgIpc) is 2.86. The van der Waals surface area contributed by atoms with Crippen LogP contribution in [0.25, 0.3) is 0 Å². The maximum Gasteiger partial charge on any atom is 0.0703 e. The molecule has 0 bridgehead atoms. The Morgan fingerprint density at radius 3 is 3.00 bits per heavy atom. The van der Waals surface area contributed by atoms with Crippen LogP contribution in [0.3, 0.4) is 0 Å². The summed E-state index contributed by atoms with van der Waals surface area (Å²) in [6.45, 7) is 9.72. The van der Waals surface area contributed by atoms with Crippen molar-refractivity contribution in [2.75, 3.05) is 19.7 Å². The molecule has 1 heterocycles. The van der Waals surface area contributed by atoms with E-state index in [1.54, 1.807) is 0 Å². The summed E-state index contributed by atoms with van der Waals surface area (Å²) in [7, 11) is 0. The fraction of sp³-hybridized carbons (Fsp3) is 0.500. The molecule has 0 spiro atoms. The molecule has 2 rings (SSSR count). The van der Waals surface area contributed by atoms with Crippen molar-refractivity contribution in [2.45, 2.75) is 32.4 Å². The van der Waals surface area contributed by atoms with E-state index in [2.05, 4.69) is 52.5 Å². The molecule has 19 heavy (non-hydrogen) atoms. The molecule has 1 saturated heterocycles. The van der Waals surface area contributed by atoms with Gasteiger partial charge in [-0.3, -0.25) is 4.90 Å². The molecule has 0 N–H and O–H groups in total. The van der Waals surface area contributed by atoms with E-state index in [1.807, 2.05) is 6.08 Å². The number of ether oxygens (including phenoxy) is 1. The molecular formula is C16H22BrNO. The topological polar surface area (TPSA) is 12.5 Å². The van der Waals surface area contributed by atoms with Gasteiger partial charge in [-0.05, 0) is 37.0 Å². The summed E-state index contributed by atoms with van der Waals surface area (Å²) in [6.07, 6.45) is 4.74. The van der Waals surface area contributed by atoms with E-state index < -0.39 is 0 Å². The summed E-state index contributed by atoms with van der Waals surface area (Å²) >= 11 is 3.66. The molecule has 3 heteroatoms. The summed E-state index contributed by atoms with van der Waals surface area (Å²) in [5.74, 6) is 0. The molecule has 2 nitrogen and oxygen atoms in total. The number of aryl methyl sites for hydroxylation is 1. The molecule has 1 aliphatic rings. The summed E-state index contributed by atoms with van der Waals surface area (Å²) < 4.78 is 6.92. The highest BCUT2D eigenvalue weighted by Gasteiger charge is 2.19. The molecule has 0 aromatic heterocycles. The Labute approximate surface area is 124 Å². The Bertz CT molecular complexity index is 427. The maximum absolute atomic E-state index is 5.73. The first-order valence-corrected chi connectivity index (χ1v) is 7.68. The zero-order valence-corrected chi connectivity index (χ0v) is 13.2. The number of rotatable bonds is 6. The molecular weight excluding hydrogens is 302 g/mol. The highest BCUT2D eigenvalue weighted by Crippen LogP contribution is 2.21. The lowest BCUT2D eigenvalue weighted by molar-refractivity contribution is 0.0746. The highest BCUT2D eigenvalue weighted by atomic mass is 79.9. The monoisotopic (exact) mass is 323 g/mol. The van der Waals surface area contributed by atoms with E-state index in [1.165, 1.54) is 28.4 Å². The lowest BCUT2D eigenvalue weighted by Crippen LogP contribution is -2.32.